The number of aliphatic hydroxyl groups is 1. The van der Waals surface area contributed by atoms with Crippen molar-refractivity contribution in [2.75, 3.05) is 6.54 Å². The van der Waals surface area contributed by atoms with E-state index in [0.717, 1.165) is 21.2 Å². The number of hydrogen-bond acceptors (Lipinski definition) is 3. The summed E-state index contributed by atoms with van der Waals surface area (Å²) >= 11 is 7.74. The highest BCUT2D eigenvalue weighted by atomic mass is 35.5. The van der Waals surface area contributed by atoms with Crippen molar-refractivity contribution in [3.63, 3.8) is 0 Å². The van der Waals surface area contributed by atoms with E-state index in [-0.39, 0.29) is 5.91 Å². The fourth-order valence-electron chi connectivity index (χ4n) is 2.56. The molecule has 0 aliphatic carbocycles. The normalized spacial score (nSPS) is 12.3. The van der Waals surface area contributed by atoms with E-state index in [1.165, 1.54) is 11.3 Å². The van der Waals surface area contributed by atoms with Crippen molar-refractivity contribution in [1.29, 1.82) is 0 Å². The van der Waals surface area contributed by atoms with E-state index in [0.29, 0.717) is 22.9 Å². The number of halogens is 1. The molecule has 5 heteroatoms. The van der Waals surface area contributed by atoms with Crippen molar-refractivity contribution in [3.05, 3.63) is 69.6 Å². The highest BCUT2D eigenvalue weighted by Gasteiger charge is 2.17. The summed E-state index contributed by atoms with van der Waals surface area (Å²) in [5.41, 5.74) is 1.99. The topological polar surface area (TPSA) is 49.3 Å². The van der Waals surface area contributed by atoms with Crippen molar-refractivity contribution in [2.24, 2.45) is 0 Å². The van der Waals surface area contributed by atoms with Crippen LogP contribution in [0.1, 0.15) is 33.3 Å². The summed E-state index contributed by atoms with van der Waals surface area (Å²) in [6.07, 6.45) is -0.135. The molecule has 0 bridgehead atoms. The molecule has 0 saturated heterocycles. The van der Waals surface area contributed by atoms with E-state index in [4.69, 9.17) is 11.6 Å². The van der Waals surface area contributed by atoms with E-state index in [1.54, 1.807) is 0 Å². The number of fused-ring (bicyclic) bond motifs is 1. The molecule has 1 aromatic heterocycles. The quantitative estimate of drug-likeness (QED) is 0.692. The molecule has 1 heterocycles. The summed E-state index contributed by atoms with van der Waals surface area (Å²) in [7, 11) is 0. The molecule has 3 nitrogen and oxygen atoms in total. The molecule has 0 unspecified atom stereocenters. The molecule has 24 heavy (non-hydrogen) atoms. The van der Waals surface area contributed by atoms with Gasteiger partial charge >= 0.3 is 0 Å². The molecular weight excluding hydrogens is 342 g/mol. The summed E-state index contributed by atoms with van der Waals surface area (Å²) in [6.45, 7) is 2.40. The Morgan fingerprint density at radius 1 is 1.25 bits per heavy atom. The second-order valence-corrected chi connectivity index (χ2v) is 7.15. The van der Waals surface area contributed by atoms with Crippen LogP contribution in [0, 0.1) is 6.92 Å². The third kappa shape index (κ3) is 3.61. The molecule has 1 atom stereocenters. The summed E-state index contributed by atoms with van der Waals surface area (Å²) in [5.74, 6) is -0.195. The monoisotopic (exact) mass is 359 g/mol. The number of rotatable bonds is 5. The van der Waals surface area contributed by atoms with E-state index >= 15 is 0 Å². The van der Waals surface area contributed by atoms with Gasteiger partial charge in [-0.3, -0.25) is 4.79 Å². The van der Waals surface area contributed by atoms with Crippen molar-refractivity contribution in [3.8, 4) is 0 Å². The Morgan fingerprint density at radius 3 is 2.75 bits per heavy atom. The largest absolute Gasteiger partial charge is 0.388 e. The van der Waals surface area contributed by atoms with Gasteiger partial charge in [-0.25, -0.2) is 0 Å². The Hall–Kier alpha value is -1.88. The minimum absolute atomic E-state index is 0.195. The Kier molecular flexibility index (Phi) is 5.19. The SMILES string of the molecule is Cc1ccc2c(Cl)c(C(=O)NCC[C@H](O)c3ccccc3)sc2c1. The maximum atomic E-state index is 12.4. The number of amides is 1. The Labute approximate surface area is 149 Å². The van der Waals surface area contributed by atoms with Crippen molar-refractivity contribution in [1.82, 2.24) is 5.32 Å². The predicted molar refractivity (Wildman–Crippen MR) is 99.9 cm³/mol. The number of hydrogen-bond donors (Lipinski definition) is 2. The summed E-state index contributed by atoms with van der Waals surface area (Å²) < 4.78 is 1.01. The Balaban J connectivity index is 1.64. The molecule has 0 fully saturated rings. The summed E-state index contributed by atoms with van der Waals surface area (Å²) in [5, 5.41) is 14.4. The number of benzene rings is 2. The van der Waals surface area contributed by atoms with Gasteiger partial charge in [0.15, 0.2) is 0 Å². The van der Waals surface area contributed by atoms with Gasteiger partial charge in [0.05, 0.1) is 11.1 Å². The van der Waals surface area contributed by atoms with Gasteiger partial charge in [-0.05, 0) is 30.5 Å². The molecule has 2 aromatic carbocycles. The first kappa shape index (κ1) is 17.0. The van der Waals surface area contributed by atoms with E-state index < -0.39 is 6.10 Å². The number of aliphatic hydroxyl groups excluding tert-OH is 1. The molecule has 0 aliphatic rings. The van der Waals surface area contributed by atoms with Gasteiger partial charge < -0.3 is 10.4 Å². The second kappa shape index (κ2) is 7.34. The lowest BCUT2D eigenvalue weighted by Gasteiger charge is -2.11. The van der Waals surface area contributed by atoms with Gasteiger partial charge in [-0.1, -0.05) is 54.1 Å². The zero-order chi connectivity index (χ0) is 17.1. The van der Waals surface area contributed by atoms with Crippen LogP contribution < -0.4 is 5.32 Å². The van der Waals surface area contributed by atoms with Crippen molar-refractivity contribution in [2.45, 2.75) is 19.4 Å². The van der Waals surface area contributed by atoms with Gasteiger partial charge in [-0.15, -0.1) is 11.3 Å². The number of thiophene rings is 1. The zero-order valence-corrected chi connectivity index (χ0v) is 14.8. The van der Waals surface area contributed by atoms with Gasteiger partial charge in [0.25, 0.3) is 5.91 Å². The standard InChI is InChI=1S/C19H18ClNO2S/c1-12-7-8-14-16(11-12)24-18(17(14)20)19(23)21-10-9-15(22)13-5-3-2-4-6-13/h2-8,11,15,22H,9-10H2,1H3,(H,21,23)/t15-/m0/s1. The lowest BCUT2D eigenvalue weighted by atomic mass is 10.1. The van der Waals surface area contributed by atoms with Gasteiger partial charge in [0.1, 0.15) is 4.88 Å². The van der Waals surface area contributed by atoms with Crippen LogP contribution in [0.25, 0.3) is 10.1 Å². The Morgan fingerprint density at radius 2 is 2.00 bits per heavy atom. The van der Waals surface area contributed by atoms with Crippen LogP contribution in [0.2, 0.25) is 5.02 Å². The highest BCUT2D eigenvalue weighted by molar-refractivity contribution is 7.21. The van der Waals surface area contributed by atoms with E-state index in [1.807, 2.05) is 55.5 Å². The minimum Gasteiger partial charge on any atom is -0.388 e. The van der Waals surface area contributed by atoms with Crippen molar-refractivity contribution >= 4 is 38.9 Å². The van der Waals surface area contributed by atoms with Crippen LogP contribution >= 0.6 is 22.9 Å². The average Bonchev–Trinajstić information content (AvgIpc) is 2.91. The number of carbonyl (C=O) groups excluding carboxylic acids is 1. The van der Waals surface area contributed by atoms with Crippen LogP contribution in [0.15, 0.2) is 48.5 Å². The highest BCUT2D eigenvalue weighted by Crippen LogP contribution is 2.35. The Bertz CT molecular complexity index is 860. The average molecular weight is 360 g/mol. The fourth-order valence-corrected chi connectivity index (χ4v) is 4.09. The van der Waals surface area contributed by atoms with Crippen LogP contribution in [0.4, 0.5) is 0 Å². The number of nitrogens with one attached hydrogen (secondary N) is 1. The molecule has 0 aliphatic heterocycles. The molecule has 0 spiro atoms. The molecule has 0 radical (unpaired) electrons. The van der Waals surface area contributed by atoms with Crippen LogP contribution in [-0.4, -0.2) is 17.6 Å². The van der Waals surface area contributed by atoms with Crippen LogP contribution in [0.5, 0.6) is 0 Å². The van der Waals surface area contributed by atoms with Crippen LogP contribution in [0.3, 0.4) is 0 Å². The zero-order valence-electron chi connectivity index (χ0n) is 13.3. The maximum absolute atomic E-state index is 12.4. The molecule has 1 amide bonds. The summed E-state index contributed by atoms with van der Waals surface area (Å²) in [6, 6.07) is 15.4. The number of carbonyl (C=O) groups is 1. The molecule has 3 rings (SSSR count). The first-order chi connectivity index (χ1) is 11.6. The van der Waals surface area contributed by atoms with Crippen LogP contribution in [-0.2, 0) is 0 Å². The molecular formula is C19H18ClNO2S. The lowest BCUT2D eigenvalue weighted by molar-refractivity contribution is 0.0947. The summed E-state index contributed by atoms with van der Waals surface area (Å²) in [4.78, 5) is 12.9. The van der Waals surface area contributed by atoms with Gasteiger partial charge in [-0.2, -0.15) is 0 Å². The lowest BCUT2D eigenvalue weighted by Crippen LogP contribution is -2.25. The first-order valence-electron chi connectivity index (χ1n) is 7.76. The molecule has 3 aromatic rings. The predicted octanol–water partition coefficient (Wildman–Crippen LogP) is 4.72. The van der Waals surface area contributed by atoms with Crippen molar-refractivity contribution < 1.29 is 9.90 Å². The number of aryl methyl sites for hydroxylation is 1. The van der Waals surface area contributed by atoms with Gasteiger partial charge in [0, 0.05) is 16.6 Å². The molecule has 124 valence electrons. The van der Waals surface area contributed by atoms with E-state index in [9.17, 15) is 9.90 Å². The third-order valence-electron chi connectivity index (χ3n) is 3.88. The van der Waals surface area contributed by atoms with Gasteiger partial charge in [0.2, 0.25) is 0 Å². The maximum Gasteiger partial charge on any atom is 0.262 e. The van der Waals surface area contributed by atoms with E-state index in [2.05, 4.69) is 5.32 Å². The molecule has 2 N–H and O–H groups in total. The molecule has 0 saturated carbocycles. The smallest absolute Gasteiger partial charge is 0.262 e. The second-order valence-electron chi connectivity index (χ2n) is 5.72. The minimum atomic E-state index is -0.591. The third-order valence-corrected chi connectivity index (χ3v) is 5.53. The first-order valence-corrected chi connectivity index (χ1v) is 8.95. The fraction of sp³-hybridized carbons (Fsp3) is 0.211.